The summed E-state index contributed by atoms with van der Waals surface area (Å²) >= 11 is 1.74. The number of aryl methyl sites for hydroxylation is 4. The van der Waals surface area contributed by atoms with Gasteiger partial charge in [-0.05, 0) is 38.0 Å². The van der Waals surface area contributed by atoms with E-state index < -0.39 is 6.10 Å². The van der Waals surface area contributed by atoms with E-state index >= 15 is 0 Å². The Morgan fingerprint density at radius 2 is 2.11 bits per heavy atom. The predicted molar refractivity (Wildman–Crippen MR) is 75.0 cm³/mol. The average Bonchev–Trinajstić information content (AvgIpc) is 2.82. The third kappa shape index (κ3) is 2.65. The van der Waals surface area contributed by atoms with Gasteiger partial charge in [0.2, 0.25) is 0 Å². The van der Waals surface area contributed by atoms with Crippen molar-refractivity contribution < 1.29 is 5.11 Å². The number of aromatic nitrogens is 2. The van der Waals surface area contributed by atoms with Crippen molar-refractivity contribution in [1.29, 1.82) is 0 Å². The third-order valence-corrected chi connectivity index (χ3v) is 4.21. The van der Waals surface area contributed by atoms with Crippen LogP contribution in [0.1, 0.15) is 39.7 Å². The van der Waals surface area contributed by atoms with Crippen molar-refractivity contribution in [2.75, 3.05) is 0 Å². The molecule has 0 amide bonds. The molecule has 3 nitrogen and oxygen atoms in total. The van der Waals surface area contributed by atoms with Crippen molar-refractivity contribution in [3.8, 4) is 0 Å². The molecule has 98 valence electrons. The van der Waals surface area contributed by atoms with Crippen LogP contribution in [0.2, 0.25) is 0 Å². The molecule has 0 saturated heterocycles. The van der Waals surface area contributed by atoms with Gasteiger partial charge in [0.15, 0.2) is 0 Å². The molecular formula is C14H20N2OS. The highest BCUT2D eigenvalue weighted by atomic mass is 32.1. The average molecular weight is 264 g/mol. The lowest BCUT2D eigenvalue weighted by atomic mass is 10.1. The lowest BCUT2D eigenvalue weighted by Crippen LogP contribution is -2.06. The van der Waals surface area contributed by atoms with Gasteiger partial charge in [-0.15, -0.1) is 11.3 Å². The van der Waals surface area contributed by atoms with E-state index in [2.05, 4.69) is 38.0 Å². The first-order chi connectivity index (χ1) is 8.51. The van der Waals surface area contributed by atoms with Gasteiger partial charge < -0.3 is 5.11 Å². The van der Waals surface area contributed by atoms with Crippen molar-refractivity contribution in [2.24, 2.45) is 7.05 Å². The minimum Gasteiger partial charge on any atom is -0.388 e. The van der Waals surface area contributed by atoms with E-state index in [9.17, 15) is 5.11 Å². The van der Waals surface area contributed by atoms with Crippen LogP contribution in [0, 0.1) is 13.8 Å². The number of aliphatic hydroxyl groups is 1. The predicted octanol–water partition coefficient (Wildman–Crippen LogP) is 2.94. The van der Waals surface area contributed by atoms with E-state index in [4.69, 9.17) is 0 Å². The van der Waals surface area contributed by atoms with Gasteiger partial charge in [-0.1, -0.05) is 6.92 Å². The van der Waals surface area contributed by atoms with E-state index in [0.717, 1.165) is 23.4 Å². The molecule has 0 saturated carbocycles. The van der Waals surface area contributed by atoms with Crippen LogP contribution in [0.15, 0.2) is 12.1 Å². The quantitative estimate of drug-likeness (QED) is 0.922. The molecule has 0 aliphatic heterocycles. The maximum Gasteiger partial charge on any atom is 0.0856 e. The molecule has 0 fully saturated rings. The molecule has 0 spiro atoms. The Hall–Kier alpha value is -1.13. The molecule has 0 bridgehead atoms. The number of hydrogen-bond donors (Lipinski definition) is 1. The topological polar surface area (TPSA) is 38.0 Å². The first-order valence-corrected chi connectivity index (χ1v) is 7.09. The zero-order valence-corrected chi connectivity index (χ0v) is 12.2. The second-order valence-electron chi connectivity index (χ2n) is 4.69. The van der Waals surface area contributed by atoms with Crippen LogP contribution in [0.5, 0.6) is 0 Å². The molecule has 1 N–H and O–H groups in total. The van der Waals surface area contributed by atoms with Gasteiger partial charge in [-0.2, -0.15) is 5.10 Å². The van der Waals surface area contributed by atoms with Crippen LogP contribution in [0.3, 0.4) is 0 Å². The molecule has 2 rings (SSSR count). The Balaban J connectivity index is 2.18. The molecule has 2 aromatic heterocycles. The van der Waals surface area contributed by atoms with Crippen molar-refractivity contribution in [3.05, 3.63) is 38.8 Å². The normalized spacial score (nSPS) is 12.9. The summed E-state index contributed by atoms with van der Waals surface area (Å²) < 4.78 is 1.87. The van der Waals surface area contributed by atoms with Crippen LogP contribution in [0.25, 0.3) is 0 Å². The second-order valence-corrected chi connectivity index (χ2v) is 6.15. The molecular weight excluding hydrogens is 244 g/mol. The molecule has 1 atom stereocenters. The molecule has 1 unspecified atom stereocenters. The summed E-state index contributed by atoms with van der Waals surface area (Å²) in [4.78, 5) is 2.46. The fourth-order valence-corrected chi connectivity index (χ4v) is 3.21. The number of aliphatic hydroxyl groups excluding tert-OH is 1. The Labute approximate surface area is 112 Å². The summed E-state index contributed by atoms with van der Waals surface area (Å²) in [6.07, 6.45) is 1.12. The highest BCUT2D eigenvalue weighted by molar-refractivity contribution is 7.12. The molecule has 18 heavy (non-hydrogen) atoms. The molecule has 2 aromatic rings. The third-order valence-electron chi connectivity index (χ3n) is 3.23. The monoisotopic (exact) mass is 264 g/mol. The van der Waals surface area contributed by atoms with Gasteiger partial charge in [0.25, 0.3) is 0 Å². The number of hydrogen-bond acceptors (Lipinski definition) is 3. The van der Waals surface area contributed by atoms with Crippen LogP contribution < -0.4 is 0 Å². The van der Waals surface area contributed by atoms with Crippen molar-refractivity contribution in [2.45, 2.75) is 39.7 Å². The fraction of sp³-hybridized carbons (Fsp3) is 0.500. The van der Waals surface area contributed by atoms with Gasteiger partial charge >= 0.3 is 0 Å². The SMILES string of the molecule is CCc1cc(CC(O)c2cc(C)sc2C)n(C)n1. The van der Waals surface area contributed by atoms with Gasteiger partial charge in [0.05, 0.1) is 11.8 Å². The summed E-state index contributed by atoms with van der Waals surface area (Å²) in [5.41, 5.74) is 3.22. The summed E-state index contributed by atoms with van der Waals surface area (Å²) in [6.45, 7) is 6.24. The van der Waals surface area contributed by atoms with Crippen LogP contribution in [-0.2, 0) is 19.9 Å². The van der Waals surface area contributed by atoms with E-state index in [1.165, 1.54) is 9.75 Å². The minimum absolute atomic E-state index is 0.435. The summed E-state index contributed by atoms with van der Waals surface area (Å²) in [6, 6.07) is 4.17. The van der Waals surface area contributed by atoms with Crippen LogP contribution in [0.4, 0.5) is 0 Å². The number of rotatable bonds is 4. The maximum atomic E-state index is 10.3. The Kier molecular flexibility index (Phi) is 3.88. The Morgan fingerprint density at radius 3 is 2.61 bits per heavy atom. The molecule has 2 heterocycles. The van der Waals surface area contributed by atoms with Gasteiger partial charge in [-0.3, -0.25) is 4.68 Å². The summed E-state index contributed by atoms with van der Waals surface area (Å²) in [7, 11) is 1.94. The van der Waals surface area contributed by atoms with Crippen molar-refractivity contribution in [3.63, 3.8) is 0 Å². The highest BCUT2D eigenvalue weighted by Crippen LogP contribution is 2.28. The molecule has 0 radical (unpaired) electrons. The molecule has 0 aromatic carbocycles. The standard InChI is InChI=1S/C14H20N2OS/c1-5-11-7-12(16(4)15-11)8-14(17)13-6-9(2)18-10(13)3/h6-7,14,17H,5,8H2,1-4H3. The zero-order valence-electron chi connectivity index (χ0n) is 11.4. The van der Waals surface area contributed by atoms with E-state index in [-0.39, 0.29) is 0 Å². The summed E-state index contributed by atoms with van der Waals surface area (Å²) in [5, 5.41) is 14.8. The fourth-order valence-electron chi connectivity index (χ4n) is 2.22. The van der Waals surface area contributed by atoms with Gasteiger partial charge in [-0.25, -0.2) is 0 Å². The van der Waals surface area contributed by atoms with E-state index in [1.807, 2.05) is 11.7 Å². The summed E-state index contributed by atoms with van der Waals surface area (Å²) in [5.74, 6) is 0. The molecule has 4 heteroatoms. The lowest BCUT2D eigenvalue weighted by Gasteiger charge is -2.10. The largest absolute Gasteiger partial charge is 0.388 e. The van der Waals surface area contributed by atoms with Crippen molar-refractivity contribution >= 4 is 11.3 Å². The number of thiophene rings is 1. The number of nitrogens with zero attached hydrogens (tertiary/aromatic N) is 2. The van der Waals surface area contributed by atoms with E-state index in [1.54, 1.807) is 11.3 Å². The zero-order chi connectivity index (χ0) is 13.3. The Bertz CT molecular complexity index is 542. The maximum absolute atomic E-state index is 10.3. The first kappa shape index (κ1) is 13.3. The Morgan fingerprint density at radius 1 is 1.39 bits per heavy atom. The highest BCUT2D eigenvalue weighted by Gasteiger charge is 2.16. The second kappa shape index (κ2) is 5.24. The molecule has 0 aliphatic carbocycles. The smallest absolute Gasteiger partial charge is 0.0856 e. The molecule has 0 aliphatic rings. The first-order valence-electron chi connectivity index (χ1n) is 6.28. The van der Waals surface area contributed by atoms with Crippen LogP contribution >= 0.6 is 11.3 Å². The van der Waals surface area contributed by atoms with Gasteiger partial charge in [0.1, 0.15) is 0 Å². The van der Waals surface area contributed by atoms with Crippen molar-refractivity contribution in [1.82, 2.24) is 9.78 Å². The van der Waals surface area contributed by atoms with Crippen LogP contribution in [-0.4, -0.2) is 14.9 Å². The lowest BCUT2D eigenvalue weighted by molar-refractivity contribution is 0.175. The minimum atomic E-state index is -0.435. The van der Waals surface area contributed by atoms with E-state index in [0.29, 0.717) is 6.42 Å². The van der Waals surface area contributed by atoms with Gasteiger partial charge in [0, 0.05) is 28.9 Å².